The third-order valence-electron chi connectivity index (χ3n) is 11.6. The number of hydrogen-bond acceptors (Lipinski definition) is 9. The van der Waals surface area contributed by atoms with Crippen molar-refractivity contribution in [2.24, 2.45) is 5.92 Å². The molecule has 1 atom stereocenters. The van der Waals surface area contributed by atoms with Gasteiger partial charge in [-0.1, -0.05) is 29.4 Å². The van der Waals surface area contributed by atoms with Crippen LogP contribution in [0.3, 0.4) is 0 Å². The minimum Gasteiger partial charge on any atom is -0.382 e. The fourth-order valence-electron chi connectivity index (χ4n) is 8.39. The molecule has 1 unspecified atom stereocenters. The number of nitrogens with zero attached hydrogens (tertiary/aromatic N) is 4. The highest BCUT2D eigenvalue weighted by molar-refractivity contribution is 6.23. The topological polar surface area (TPSA) is 149 Å². The van der Waals surface area contributed by atoms with Gasteiger partial charge in [0.2, 0.25) is 11.8 Å². The Kier molecular flexibility index (Phi) is 8.64. The van der Waals surface area contributed by atoms with Crippen molar-refractivity contribution >= 4 is 40.7 Å². The molecule has 3 aromatic carbocycles. The maximum absolute atomic E-state index is 13.4. The molecule has 11 heteroatoms. The Hall–Kier alpha value is -5.76. The molecule has 0 radical (unpaired) electrons. The zero-order valence-corrected chi connectivity index (χ0v) is 30.2. The van der Waals surface area contributed by atoms with Crippen LogP contribution >= 0.6 is 0 Å². The van der Waals surface area contributed by atoms with Gasteiger partial charge in [-0.05, 0) is 125 Å². The summed E-state index contributed by atoms with van der Waals surface area (Å²) in [4.78, 5) is 54.1. The van der Waals surface area contributed by atoms with Crippen LogP contribution in [0.1, 0.15) is 94.7 Å². The Bertz CT molecular complexity index is 2170. The highest BCUT2D eigenvalue weighted by Crippen LogP contribution is 2.48. The van der Waals surface area contributed by atoms with Crippen molar-refractivity contribution in [3.8, 4) is 17.2 Å². The Morgan fingerprint density at radius 3 is 2.32 bits per heavy atom. The van der Waals surface area contributed by atoms with Crippen LogP contribution in [0.25, 0.3) is 11.1 Å². The zero-order valence-electron chi connectivity index (χ0n) is 30.2. The summed E-state index contributed by atoms with van der Waals surface area (Å²) < 4.78 is 5.51. The predicted molar refractivity (Wildman–Crippen MR) is 199 cm³/mol. The lowest BCUT2D eigenvalue weighted by Gasteiger charge is -2.35. The number of nitriles is 1. The normalized spacial score (nSPS) is 21.9. The van der Waals surface area contributed by atoms with Gasteiger partial charge >= 0.3 is 0 Å². The third-order valence-corrected chi connectivity index (χ3v) is 11.6. The second kappa shape index (κ2) is 13.3. The van der Waals surface area contributed by atoms with Crippen LogP contribution in [-0.4, -0.2) is 52.3 Å². The molecule has 4 aliphatic rings. The first-order valence-electron chi connectivity index (χ1n) is 18.5. The van der Waals surface area contributed by atoms with Gasteiger partial charge < -0.3 is 14.7 Å². The van der Waals surface area contributed by atoms with E-state index in [1.54, 1.807) is 12.1 Å². The number of amides is 4. The van der Waals surface area contributed by atoms with Crippen LogP contribution in [0, 0.1) is 38.0 Å². The lowest BCUT2D eigenvalue weighted by atomic mass is 9.85. The Morgan fingerprint density at radius 2 is 1.66 bits per heavy atom. The molecule has 0 spiro atoms. The molecule has 2 N–H and O–H groups in total. The smallest absolute Gasteiger partial charge is 0.262 e. The van der Waals surface area contributed by atoms with Crippen LogP contribution in [0.5, 0.6) is 0 Å². The average Bonchev–Trinajstić information content (AvgIpc) is 3.84. The van der Waals surface area contributed by atoms with Crippen LogP contribution in [0.2, 0.25) is 0 Å². The van der Waals surface area contributed by atoms with Gasteiger partial charge in [-0.3, -0.25) is 29.4 Å². The van der Waals surface area contributed by atoms with Crippen molar-refractivity contribution in [3.05, 3.63) is 94.4 Å². The lowest BCUT2D eigenvalue weighted by molar-refractivity contribution is -0.136. The van der Waals surface area contributed by atoms with Crippen LogP contribution in [0.15, 0.2) is 65.2 Å². The van der Waals surface area contributed by atoms with E-state index in [1.165, 1.54) is 0 Å². The highest BCUT2D eigenvalue weighted by Gasteiger charge is 2.46. The van der Waals surface area contributed by atoms with E-state index in [9.17, 15) is 24.4 Å². The minimum absolute atomic E-state index is 0.0840. The molecule has 2 aliphatic carbocycles. The summed E-state index contributed by atoms with van der Waals surface area (Å²) in [5.41, 5.74) is 8.36. The number of rotatable bonds is 9. The van der Waals surface area contributed by atoms with Gasteiger partial charge in [0.15, 0.2) is 0 Å². The Labute approximate surface area is 308 Å². The fourth-order valence-corrected chi connectivity index (χ4v) is 8.39. The molecular weight excluding hydrogens is 668 g/mol. The highest BCUT2D eigenvalue weighted by atomic mass is 16.5. The molecule has 8 rings (SSSR count). The standard InChI is InChI=1S/C42H42N6O5/c1-24-4-7-28(38-25(2)46-53-26(38)3)20-36(24)47(32-13-8-29(9-14-32)42(23-43)18-19-42)22-27-5-10-30(11-6-27)44-31-12-15-33-34(21-31)41(52)48(40(33)51)35-16-17-37(49)45-39(35)50/h4,7-9,12-15,20-21,27,30,35,44H,5-6,10-11,16-19,22H2,1-3H3,(H,45,49,50). The SMILES string of the molecule is Cc1ccc(-c2c(C)noc2C)cc1N(CC1CCC(Nc2ccc3c(c2)C(=O)N(C2CCC(=O)NC2=O)C3=O)CC1)c1ccc(C2(C#N)CC2)cc1. The number of fused-ring (bicyclic) bond motifs is 1. The van der Waals surface area contributed by atoms with Crippen LogP contribution in [0.4, 0.5) is 17.1 Å². The second-order valence-corrected chi connectivity index (χ2v) is 15.1. The molecule has 3 heterocycles. The lowest BCUT2D eigenvalue weighted by Crippen LogP contribution is -2.54. The number of hydrogen-bond donors (Lipinski definition) is 2. The summed E-state index contributed by atoms with van der Waals surface area (Å²) in [5.74, 6) is -0.813. The first-order valence-corrected chi connectivity index (χ1v) is 18.5. The van der Waals surface area contributed by atoms with Gasteiger partial charge in [0.05, 0.1) is 28.3 Å². The van der Waals surface area contributed by atoms with E-state index in [1.807, 2.05) is 19.9 Å². The van der Waals surface area contributed by atoms with Gasteiger partial charge in [-0.15, -0.1) is 0 Å². The van der Waals surface area contributed by atoms with Crippen molar-refractivity contribution in [2.75, 3.05) is 16.8 Å². The molecular formula is C42H42N6O5. The van der Waals surface area contributed by atoms with E-state index in [-0.39, 0.29) is 35.4 Å². The number of anilines is 3. The molecule has 0 bridgehead atoms. The summed E-state index contributed by atoms with van der Waals surface area (Å²) in [6.07, 6.45) is 5.89. The molecule has 4 aromatic rings. The molecule has 11 nitrogen and oxygen atoms in total. The van der Waals surface area contributed by atoms with E-state index in [0.29, 0.717) is 5.92 Å². The molecule has 4 amide bonds. The van der Waals surface area contributed by atoms with Crippen molar-refractivity contribution in [2.45, 2.75) is 89.6 Å². The Morgan fingerprint density at radius 1 is 0.925 bits per heavy atom. The third kappa shape index (κ3) is 6.26. The minimum atomic E-state index is -0.987. The number of nitrogens with one attached hydrogen (secondary N) is 2. The maximum Gasteiger partial charge on any atom is 0.262 e. The van der Waals surface area contributed by atoms with E-state index >= 15 is 0 Å². The molecule has 1 aromatic heterocycles. The van der Waals surface area contributed by atoms with Gasteiger partial charge in [-0.25, -0.2) is 0 Å². The number of piperidine rings is 1. The average molecular weight is 711 g/mol. The van der Waals surface area contributed by atoms with Gasteiger partial charge in [-0.2, -0.15) is 5.26 Å². The van der Waals surface area contributed by atoms with Gasteiger partial charge in [0.1, 0.15) is 11.8 Å². The molecule has 2 aliphatic heterocycles. The summed E-state index contributed by atoms with van der Waals surface area (Å²) in [7, 11) is 0. The molecule has 53 heavy (non-hydrogen) atoms. The fraction of sp³-hybridized carbons (Fsp3) is 0.381. The van der Waals surface area contributed by atoms with E-state index in [4.69, 9.17) is 4.52 Å². The number of carbonyl (C=O) groups excluding carboxylic acids is 4. The van der Waals surface area contributed by atoms with Crippen LogP contribution < -0.4 is 15.5 Å². The summed E-state index contributed by atoms with van der Waals surface area (Å²) in [6, 6.07) is 22.0. The van der Waals surface area contributed by atoms with E-state index in [0.717, 1.165) is 101 Å². The molecule has 1 saturated heterocycles. The van der Waals surface area contributed by atoms with Crippen molar-refractivity contribution in [1.82, 2.24) is 15.4 Å². The molecule has 270 valence electrons. The number of imide groups is 2. The summed E-state index contributed by atoms with van der Waals surface area (Å²) >= 11 is 0. The predicted octanol–water partition coefficient (Wildman–Crippen LogP) is 7.03. The quantitative estimate of drug-likeness (QED) is 0.175. The number of aryl methyl sites for hydroxylation is 3. The number of carbonyl (C=O) groups is 4. The summed E-state index contributed by atoms with van der Waals surface area (Å²) in [6.45, 7) is 6.88. The number of aromatic nitrogens is 1. The largest absolute Gasteiger partial charge is 0.382 e. The monoisotopic (exact) mass is 710 g/mol. The van der Waals surface area contributed by atoms with Crippen molar-refractivity contribution < 1.29 is 23.7 Å². The first kappa shape index (κ1) is 34.3. The summed E-state index contributed by atoms with van der Waals surface area (Å²) in [5, 5.41) is 19.9. The zero-order chi connectivity index (χ0) is 37.0. The van der Waals surface area contributed by atoms with E-state index < -0.39 is 29.7 Å². The maximum atomic E-state index is 13.4. The Balaban J connectivity index is 0.982. The van der Waals surface area contributed by atoms with Crippen LogP contribution in [-0.2, 0) is 15.0 Å². The molecule has 2 saturated carbocycles. The van der Waals surface area contributed by atoms with Crippen molar-refractivity contribution in [1.29, 1.82) is 5.26 Å². The second-order valence-electron chi connectivity index (χ2n) is 15.1. The number of benzene rings is 3. The van der Waals surface area contributed by atoms with Gasteiger partial charge in [0, 0.05) is 41.6 Å². The van der Waals surface area contributed by atoms with Gasteiger partial charge in [0.25, 0.3) is 11.8 Å². The first-order chi connectivity index (χ1) is 25.5. The van der Waals surface area contributed by atoms with E-state index in [2.05, 4.69) is 76.1 Å². The van der Waals surface area contributed by atoms with Crippen molar-refractivity contribution in [3.63, 3.8) is 0 Å². The molecule has 3 fully saturated rings.